The lowest BCUT2D eigenvalue weighted by atomic mass is 10.2. The van der Waals surface area contributed by atoms with Gasteiger partial charge in [0, 0.05) is 12.7 Å². The van der Waals surface area contributed by atoms with Crippen LogP contribution >= 0.6 is 0 Å². The maximum absolute atomic E-state index is 10.9. The molecule has 1 aromatic carbocycles. The number of carbonyl (C=O) groups excluding carboxylic acids is 1. The second kappa shape index (κ2) is 6.09. The average Bonchev–Trinajstić information content (AvgIpc) is 2.83. The number of benzene rings is 1. The molecule has 0 aliphatic rings. The van der Waals surface area contributed by atoms with Crippen molar-refractivity contribution in [3.05, 3.63) is 41.8 Å². The second-order valence-electron chi connectivity index (χ2n) is 3.57. The van der Waals surface area contributed by atoms with Crippen LogP contribution in [0.2, 0.25) is 0 Å². The van der Waals surface area contributed by atoms with E-state index in [9.17, 15) is 4.79 Å². The number of rotatable bonds is 6. The molecule has 0 amide bonds. The van der Waals surface area contributed by atoms with Crippen molar-refractivity contribution in [2.24, 2.45) is 0 Å². The van der Waals surface area contributed by atoms with Crippen molar-refractivity contribution in [3.8, 4) is 11.5 Å². The minimum absolute atomic E-state index is 0.145. The van der Waals surface area contributed by atoms with Crippen molar-refractivity contribution in [2.45, 2.75) is 6.61 Å². The Morgan fingerprint density at radius 3 is 2.78 bits per heavy atom. The highest BCUT2D eigenvalue weighted by Gasteiger charge is 2.13. The van der Waals surface area contributed by atoms with Gasteiger partial charge in [0.15, 0.2) is 12.0 Å². The fourth-order valence-corrected chi connectivity index (χ4v) is 1.48. The van der Waals surface area contributed by atoms with Crippen LogP contribution in [0.4, 0.5) is 0 Å². The van der Waals surface area contributed by atoms with Crippen LogP contribution in [0.25, 0.3) is 11.5 Å². The van der Waals surface area contributed by atoms with E-state index in [1.807, 2.05) is 30.3 Å². The van der Waals surface area contributed by atoms with E-state index in [2.05, 4.69) is 4.98 Å². The molecule has 0 radical (unpaired) electrons. The molecule has 0 N–H and O–H groups in total. The molecule has 0 saturated heterocycles. The summed E-state index contributed by atoms with van der Waals surface area (Å²) in [5, 5.41) is 0. The van der Waals surface area contributed by atoms with Crippen LogP contribution in [0, 0.1) is 0 Å². The molecule has 18 heavy (non-hydrogen) atoms. The number of hydrogen-bond acceptors (Lipinski definition) is 5. The first kappa shape index (κ1) is 12.5. The predicted molar refractivity (Wildman–Crippen MR) is 64.0 cm³/mol. The summed E-state index contributed by atoms with van der Waals surface area (Å²) >= 11 is 0. The molecular formula is C13H13NO4. The van der Waals surface area contributed by atoms with E-state index in [0.29, 0.717) is 17.9 Å². The summed E-state index contributed by atoms with van der Waals surface area (Å²) in [6.45, 7) is 0.323. The van der Waals surface area contributed by atoms with Crippen LogP contribution < -0.4 is 0 Å². The van der Waals surface area contributed by atoms with Crippen molar-refractivity contribution in [2.75, 3.05) is 13.9 Å². The van der Waals surface area contributed by atoms with Gasteiger partial charge in [-0.2, -0.15) is 0 Å². The van der Waals surface area contributed by atoms with E-state index in [4.69, 9.17) is 13.9 Å². The van der Waals surface area contributed by atoms with Crippen molar-refractivity contribution < 1.29 is 18.7 Å². The Hall–Kier alpha value is -1.98. The molecule has 1 heterocycles. The molecule has 1 aromatic heterocycles. The van der Waals surface area contributed by atoms with Gasteiger partial charge in [0.05, 0.1) is 6.61 Å². The van der Waals surface area contributed by atoms with Gasteiger partial charge in [0.1, 0.15) is 12.5 Å². The highest BCUT2D eigenvalue weighted by atomic mass is 16.7. The number of hydrogen-bond donors (Lipinski definition) is 0. The molecule has 2 rings (SSSR count). The van der Waals surface area contributed by atoms with Crippen LogP contribution in [0.5, 0.6) is 0 Å². The van der Waals surface area contributed by atoms with Gasteiger partial charge in [-0.3, -0.25) is 4.79 Å². The van der Waals surface area contributed by atoms with E-state index in [1.54, 1.807) is 0 Å². The van der Waals surface area contributed by atoms with Gasteiger partial charge in [0.25, 0.3) is 0 Å². The molecule has 0 spiro atoms. The first-order valence-corrected chi connectivity index (χ1v) is 5.42. The number of nitrogens with zero attached hydrogens (tertiary/aromatic N) is 1. The monoisotopic (exact) mass is 247 g/mol. The fourth-order valence-electron chi connectivity index (χ4n) is 1.48. The van der Waals surface area contributed by atoms with E-state index < -0.39 is 0 Å². The number of carbonyl (C=O) groups is 1. The van der Waals surface area contributed by atoms with Crippen molar-refractivity contribution in [1.82, 2.24) is 4.98 Å². The number of aromatic nitrogens is 1. The first-order chi connectivity index (χ1) is 8.85. The normalized spacial score (nSPS) is 10.5. The van der Waals surface area contributed by atoms with Crippen molar-refractivity contribution in [3.63, 3.8) is 0 Å². The van der Waals surface area contributed by atoms with Gasteiger partial charge < -0.3 is 13.9 Å². The Bertz CT molecular complexity index is 507. The lowest BCUT2D eigenvalue weighted by Crippen LogP contribution is -1.99. The quantitative estimate of drug-likeness (QED) is 0.445. The lowest BCUT2D eigenvalue weighted by molar-refractivity contribution is -0.0402. The van der Waals surface area contributed by atoms with Gasteiger partial charge in [-0.15, -0.1) is 0 Å². The first-order valence-electron chi connectivity index (χ1n) is 5.42. The van der Waals surface area contributed by atoms with Gasteiger partial charge in [-0.1, -0.05) is 18.2 Å². The van der Waals surface area contributed by atoms with Crippen LogP contribution in [0.3, 0.4) is 0 Å². The zero-order valence-corrected chi connectivity index (χ0v) is 9.96. The SMILES string of the molecule is COCOCc1nc(-c2ccccc2)oc1C=O. The Kier molecular flexibility index (Phi) is 4.22. The summed E-state index contributed by atoms with van der Waals surface area (Å²) in [7, 11) is 1.53. The average molecular weight is 247 g/mol. The molecular weight excluding hydrogens is 234 g/mol. The number of aldehydes is 1. The molecule has 0 aliphatic carbocycles. The molecule has 0 atom stereocenters. The smallest absolute Gasteiger partial charge is 0.227 e. The molecule has 5 heteroatoms. The highest BCUT2D eigenvalue weighted by Crippen LogP contribution is 2.21. The third-order valence-corrected chi connectivity index (χ3v) is 2.30. The van der Waals surface area contributed by atoms with Crippen LogP contribution in [0.1, 0.15) is 16.2 Å². The summed E-state index contributed by atoms with van der Waals surface area (Å²) in [5.41, 5.74) is 1.29. The highest BCUT2D eigenvalue weighted by molar-refractivity contribution is 5.73. The summed E-state index contributed by atoms with van der Waals surface area (Å²) in [4.78, 5) is 15.1. The van der Waals surface area contributed by atoms with Gasteiger partial charge in [-0.25, -0.2) is 4.98 Å². The van der Waals surface area contributed by atoms with Gasteiger partial charge >= 0.3 is 0 Å². The van der Waals surface area contributed by atoms with E-state index in [-0.39, 0.29) is 19.2 Å². The fraction of sp³-hybridized carbons (Fsp3) is 0.231. The lowest BCUT2D eigenvalue weighted by Gasteiger charge is -1.98. The zero-order valence-electron chi connectivity index (χ0n) is 9.96. The van der Waals surface area contributed by atoms with Crippen molar-refractivity contribution in [1.29, 1.82) is 0 Å². The van der Waals surface area contributed by atoms with E-state index >= 15 is 0 Å². The number of oxazole rings is 1. The Morgan fingerprint density at radius 1 is 1.33 bits per heavy atom. The molecule has 94 valence electrons. The summed E-state index contributed by atoms with van der Waals surface area (Å²) < 4.78 is 15.3. The molecule has 0 bridgehead atoms. The number of methoxy groups -OCH3 is 1. The standard InChI is InChI=1S/C13H13NO4/c1-16-9-17-8-11-12(7-15)18-13(14-11)10-5-3-2-4-6-10/h2-7H,8-9H2,1H3. The molecule has 5 nitrogen and oxygen atoms in total. The van der Waals surface area contributed by atoms with Crippen LogP contribution in [-0.4, -0.2) is 25.2 Å². The van der Waals surface area contributed by atoms with E-state index in [1.165, 1.54) is 7.11 Å². The minimum atomic E-state index is 0.145. The molecule has 0 unspecified atom stereocenters. The maximum atomic E-state index is 10.9. The van der Waals surface area contributed by atoms with Crippen LogP contribution in [0.15, 0.2) is 34.7 Å². The topological polar surface area (TPSA) is 61.6 Å². The minimum Gasteiger partial charge on any atom is -0.433 e. The summed E-state index contributed by atoms with van der Waals surface area (Å²) in [6, 6.07) is 9.37. The van der Waals surface area contributed by atoms with Gasteiger partial charge in [0.2, 0.25) is 5.89 Å². The molecule has 0 aliphatic heterocycles. The third kappa shape index (κ3) is 2.82. The Labute approximate surface area is 104 Å². The van der Waals surface area contributed by atoms with Crippen LogP contribution in [-0.2, 0) is 16.1 Å². The summed E-state index contributed by atoms with van der Waals surface area (Å²) in [6.07, 6.45) is 0.630. The predicted octanol–water partition coefficient (Wildman–Crippen LogP) is 2.27. The molecule has 0 fully saturated rings. The second-order valence-corrected chi connectivity index (χ2v) is 3.57. The van der Waals surface area contributed by atoms with Crippen molar-refractivity contribution >= 4 is 6.29 Å². The maximum Gasteiger partial charge on any atom is 0.227 e. The molecule has 2 aromatic rings. The molecule has 0 saturated carbocycles. The number of ether oxygens (including phenoxy) is 2. The Balaban J connectivity index is 2.21. The zero-order chi connectivity index (χ0) is 12.8. The Morgan fingerprint density at radius 2 is 2.11 bits per heavy atom. The van der Waals surface area contributed by atoms with Gasteiger partial charge in [-0.05, 0) is 12.1 Å². The summed E-state index contributed by atoms with van der Waals surface area (Å²) in [5.74, 6) is 0.596. The third-order valence-electron chi connectivity index (χ3n) is 2.30. The largest absolute Gasteiger partial charge is 0.433 e. The van der Waals surface area contributed by atoms with E-state index in [0.717, 1.165) is 5.56 Å².